The van der Waals surface area contributed by atoms with Crippen molar-refractivity contribution in [1.82, 2.24) is 0 Å². The van der Waals surface area contributed by atoms with E-state index in [1.165, 1.54) is 6.92 Å². The molecule has 1 aliphatic rings. The highest BCUT2D eigenvalue weighted by atomic mass is 16.5. The minimum absolute atomic E-state index is 0.00372. The van der Waals surface area contributed by atoms with Crippen molar-refractivity contribution in [3.63, 3.8) is 0 Å². The van der Waals surface area contributed by atoms with Crippen molar-refractivity contribution in [3.05, 3.63) is 34.6 Å². The van der Waals surface area contributed by atoms with E-state index in [1.807, 2.05) is 27.7 Å². The summed E-state index contributed by atoms with van der Waals surface area (Å²) in [7, 11) is 0. The first-order valence-corrected chi connectivity index (χ1v) is 6.62. The highest BCUT2D eigenvalue weighted by Crippen LogP contribution is 2.29. The standard InChI is InChI=1S/C16H22O3/c1-10(2)13-8-9-15(18)14(7-6-12(5)17)16(13)19-11(3)4/h8-9,11H,6-7H2,1-5H3. The van der Waals surface area contributed by atoms with Gasteiger partial charge in [0.25, 0.3) is 0 Å². The highest BCUT2D eigenvalue weighted by molar-refractivity contribution is 6.07. The zero-order valence-corrected chi connectivity index (χ0v) is 12.4. The molecule has 1 rings (SSSR count). The van der Waals surface area contributed by atoms with Crippen molar-refractivity contribution in [3.8, 4) is 0 Å². The number of rotatable bonds is 5. The molecule has 0 aromatic carbocycles. The summed E-state index contributed by atoms with van der Waals surface area (Å²) in [6, 6.07) is 0. The molecule has 0 amide bonds. The number of Topliss-reactive ketones (excluding diaryl/α,β-unsaturated/α-hetero) is 1. The van der Waals surface area contributed by atoms with E-state index in [0.29, 0.717) is 24.2 Å². The summed E-state index contributed by atoms with van der Waals surface area (Å²) >= 11 is 0. The molecule has 0 spiro atoms. The molecule has 0 unspecified atom stereocenters. The Morgan fingerprint density at radius 2 is 1.84 bits per heavy atom. The molecule has 1 aliphatic carbocycles. The molecule has 3 nitrogen and oxygen atoms in total. The molecule has 0 heterocycles. The van der Waals surface area contributed by atoms with E-state index in [-0.39, 0.29) is 17.7 Å². The first kappa shape index (κ1) is 15.4. The maximum atomic E-state index is 12.0. The fourth-order valence-corrected chi connectivity index (χ4v) is 1.91. The molecule has 3 heteroatoms. The quantitative estimate of drug-likeness (QED) is 0.761. The van der Waals surface area contributed by atoms with Crippen LogP contribution in [0.4, 0.5) is 0 Å². The summed E-state index contributed by atoms with van der Waals surface area (Å²) in [6.07, 6.45) is 4.17. The van der Waals surface area contributed by atoms with Gasteiger partial charge in [-0.1, -0.05) is 5.57 Å². The minimum atomic E-state index is -0.0538. The summed E-state index contributed by atoms with van der Waals surface area (Å²) < 4.78 is 5.82. The van der Waals surface area contributed by atoms with Crippen LogP contribution < -0.4 is 0 Å². The number of ether oxygens (including phenoxy) is 1. The van der Waals surface area contributed by atoms with Crippen LogP contribution in [0.2, 0.25) is 0 Å². The van der Waals surface area contributed by atoms with Gasteiger partial charge >= 0.3 is 0 Å². The lowest BCUT2D eigenvalue weighted by atomic mass is 9.92. The van der Waals surface area contributed by atoms with E-state index in [0.717, 1.165) is 11.1 Å². The van der Waals surface area contributed by atoms with Gasteiger partial charge in [0, 0.05) is 17.6 Å². The van der Waals surface area contributed by atoms with Gasteiger partial charge in [-0.15, -0.1) is 0 Å². The van der Waals surface area contributed by atoms with Gasteiger partial charge in [-0.05, 0) is 53.2 Å². The van der Waals surface area contributed by atoms with E-state index >= 15 is 0 Å². The molecule has 0 N–H and O–H groups in total. The Morgan fingerprint density at radius 1 is 1.21 bits per heavy atom. The van der Waals surface area contributed by atoms with E-state index in [2.05, 4.69) is 0 Å². The van der Waals surface area contributed by atoms with Crippen molar-refractivity contribution in [2.24, 2.45) is 0 Å². The van der Waals surface area contributed by atoms with Crippen LogP contribution in [-0.4, -0.2) is 17.7 Å². The molecule has 0 atom stereocenters. The predicted octanol–water partition coefficient (Wildman–Crippen LogP) is 3.51. The molecule has 104 valence electrons. The average Bonchev–Trinajstić information content (AvgIpc) is 2.26. The summed E-state index contributed by atoms with van der Waals surface area (Å²) in [4.78, 5) is 23.1. The number of hydrogen-bond acceptors (Lipinski definition) is 3. The van der Waals surface area contributed by atoms with Crippen LogP contribution in [0.5, 0.6) is 0 Å². The van der Waals surface area contributed by atoms with Crippen LogP contribution in [0.1, 0.15) is 47.5 Å². The molecule has 19 heavy (non-hydrogen) atoms. The Balaban J connectivity index is 3.20. The fourth-order valence-electron chi connectivity index (χ4n) is 1.91. The molecule has 0 aromatic rings. The molecule has 0 saturated heterocycles. The SMILES string of the molecule is CC(=O)CCC1=C(OC(C)C)C(=C(C)C)C=CC1=O. The van der Waals surface area contributed by atoms with Gasteiger partial charge < -0.3 is 9.53 Å². The lowest BCUT2D eigenvalue weighted by Gasteiger charge is -2.22. The van der Waals surface area contributed by atoms with Gasteiger partial charge in [0.1, 0.15) is 11.5 Å². The second-order valence-corrected chi connectivity index (χ2v) is 5.29. The third-order valence-electron chi connectivity index (χ3n) is 2.84. The molecule has 0 saturated carbocycles. The maximum absolute atomic E-state index is 12.0. The van der Waals surface area contributed by atoms with Crippen LogP contribution in [0.15, 0.2) is 34.6 Å². The zero-order chi connectivity index (χ0) is 14.6. The Bertz CT molecular complexity index is 472. The van der Waals surface area contributed by atoms with Gasteiger partial charge in [0.15, 0.2) is 5.78 Å². The lowest BCUT2D eigenvalue weighted by molar-refractivity contribution is -0.117. The van der Waals surface area contributed by atoms with E-state index in [4.69, 9.17) is 4.74 Å². The van der Waals surface area contributed by atoms with Gasteiger partial charge in [0.05, 0.1) is 6.10 Å². The fraction of sp³-hybridized carbons (Fsp3) is 0.500. The first-order valence-electron chi connectivity index (χ1n) is 6.62. The van der Waals surface area contributed by atoms with Gasteiger partial charge in [0.2, 0.25) is 0 Å². The molecule has 0 aromatic heterocycles. The topological polar surface area (TPSA) is 43.4 Å². The molecular weight excluding hydrogens is 240 g/mol. The maximum Gasteiger partial charge on any atom is 0.185 e. The van der Waals surface area contributed by atoms with Crippen molar-refractivity contribution in [2.75, 3.05) is 0 Å². The lowest BCUT2D eigenvalue weighted by Crippen LogP contribution is -2.16. The van der Waals surface area contributed by atoms with Crippen molar-refractivity contribution in [2.45, 2.75) is 53.6 Å². The summed E-state index contributed by atoms with van der Waals surface area (Å²) in [6.45, 7) is 9.38. The van der Waals surface area contributed by atoms with Crippen molar-refractivity contribution >= 4 is 11.6 Å². The molecule has 0 aliphatic heterocycles. The minimum Gasteiger partial charge on any atom is -0.490 e. The molecular formula is C16H22O3. The Labute approximate surface area is 115 Å². The normalized spacial score (nSPS) is 15.3. The van der Waals surface area contributed by atoms with Crippen molar-refractivity contribution in [1.29, 1.82) is 0 Å². The van der Waals surface area contributed by atoms with Crippen molar-refractivity contribution < 1.29 is 14.3 Å². The molecule has 0 fully saturated rings. The number of ketones is 2. The average molecular weight is 262 g/mol. The number of carbonyl (C=O) groups excluding carboxylic acids is 2. The van der Waals surface area contributed by atoms with Gasteiger partial charge in [-0.2, -0.15) is 0 Å². The first-order chi connectivity index (χ1) is 8.82. The largest absolute Gasteiger partial charge is 0.490 e. The van der Waals surface area contributed by atoms with Gasteiger partial charge in [-0.25, -0.2) is 0 Å². The third kappa shape index (κ3) is 4.19. The summed E-state index contributed by atoms with van der Waals surface area (Å²) in [5.74, 6) is 0.670. The number of carbonyl (C=O) groups is 2. The number of hydrogen-bond donors (Lipinski definition) is 0. The van der Waals surface area contributed by atoms with Crippen LogP contribution in [0.25, 0.3) is 0 Å². The molecule has 0 bridgehead atoms. The Hall–Kier alpha value is -1.64. The van der Waals surface area contributed by atoms with Crippen LogP contribution in [-0.2, 0) is 14.3 Å². The second-order valence-electron chi connectivity index (χ2n) is 5.29. The summed E-state index contributed by atoms with van der Waals surface area (Å²) in [5, 5.41) is 0. The number of allylic oxidation sites excluding steroid dienone is 4. The Morgan fingerprint density at radius 3 is 2.32 bits per heavy atom. The van der Waals surface area contributed by atoms with Crippen LogP contribution in [0.3, 0.4) is 0 Å². The smallest absolute Gasteiger partial charge is 0.185 e. The summed E-state index contributed by atoms with van der Waals surface area (Å²) in [5.41, 5.74) is 2.66. The molecule has 0 radical (unpaired) electrons. The highest BCUT2D eigenvalue weighted by Gasteiger charge is 2.23. The monoisotopic (exact) mass is 262 g/mol. The van der Waals surface area contributed by atoms with Gasteiger partial charge in [-0.3, -0.25) is 4.79 Å². The van der Waals surface area contributed by atoms with E-state index in [1.54, 1.807) is 12.2 Å². The van der Waals surface area contributed by atoms with Crippen LogP contribution >= 0.6 is 0 Å². The van der Waals surface area contributed by atoms with Crippen LogP contribution in [0, 0.1) is 0 Å². The third-order valence-corrected chi connectivity index (χ3v) is 2.84. The second kappa shape index (κ2) is 6.50. The predicted molar refractivity (Wildman–Crippen MR) is 75.7 cm³/mol. The van der Waals surface area contributed by atoms with E-state index < -0.39 is 0 Å². The Kier molecular flexibility index (Phi) is 5.28. The van der Waals surface area contributed by atoms with E-state index in [9.17, 15) is 9.59 Å². The zero-order valence-electron chi connectivity index (χ0n) is 12.4.